The molecule has 0 saturated heterocycles. The Morgan fingerprint density at radius 3 is 2.30 bits per heavy atom. The molecule has 2 aromatic carbocycles. The molecule has 0 aliphatic heterocycles. The van der Waals surface area contributed by atoms with Crippen molar-refractivity contribution in [2.45, 2.75) is 19.0 Å². The molecule has 2 N–H and O–H groups in total. The zero-order valence-electron chi connectivity index (χ0n) is 16.3. The number of nitrogens with one attached hydrogen (secondary N) is 2. The first-order valence-corrected chi connectivity index (χ1v) is 9.20. The molecule has 0 aromatic heterocycles. The van der Waals surface area contributed by atoms with E-state index in [0.717, 1.165) is 29.4 Å². The first kappa shape index (κ1) is 23.2. The van der Waals surface area contributed by atoms with Crippen LogP contribution in [0.1, 0.15) is 24.0 Å². The zero-order chi connectivity index (χ0) is 22.3. The van der Waals surface area contributed by atoms with Crippen molar-refractivity contribution < 1.29 is 22.8 Å². The molecule has 0 saturated carbocycles. The van der Waals surface area contributed by atoms with Gasteiger partial charge in [0.05, 0.1) is 22.5 Å². The van der Waals surface area contributed by atoms with Crippen molar-refractivity contribution in [1.29, 1.82) is 0 Å². The van der Waals surface area contributed by atoms with Gasteiger partial charge in [0.1, 0.15) is 0 Å². The van der Waals surface area contributed by atoms with Gasteiger partial charge in [-0.1, -0.05) is 23.7 Å². The van der Waals surface area contributed by atoms with Gasteiger partial charge in [-0.05, 0) is 35.9 Å². The highest BCUT2D eigenvalue weighted by molar-refractivity contribution is 6.33. The van der Waals surface area contributed by atoms with Crippen LogP contribution < -0.4 is 15.6 Å². The summed E-state index contributed by atoms with van der Waals surface area (Å²) in [5.74, 6) is -1.16. The summed E-state index contributed by atoms with van der Waals surface area (Å²) in [5, 5.41) is 6.06. The summed E-state index contributed by atoms with van der Waals surface area (Å²) in [4.78, 5) is 25.7. The second-order valence-corrected chi connectivity index (χ2v) is 6.93. The van der Waals surface area contributed by atoms with Crippen molar-refractivity contribution in [3.63, 3.8) is 0 Å². The summed E-state index contributed by atoms with van der Waals surface area (Å²) >= 11 is 5.82. The number of anilines is 2. The Morgan fingerprint density at radius 2 is 1.70 bits per heavy atom. The molecular formula is C20H20ClF3N4O2. The van der Waals surface area contributed by atoms with E-state index in [-0.39, 0.29) is 23.6 Å². The first-order chi connectivity index (χ1) is 14.1. The fourth-order valence-electron chi connectivity index (χ4n) is 2.33. The van der Waals surface area contributed by atoms with E-state index in [2.05, 4.69) is 15.8 Å². The highest BCUT2D eigenvalue weighted by Gasteiger charge is 2.31. The van der Waals surface area contributed by atoms with E-state index in [1.807, 2.05) is 43.3 Å². The molecule has 0 atom stereocenters. The average Bonchev–Trinajstić information content (AvgIpc) is 2.67. The summed E-state index contributed by atoms with van der Waals surface area (Å²) in [5.41, 5.74) is 2.98. The molecule has 160 valence electrons. The molecule has 0 radical (unpaired) electrons. The Morgan fingerprint density at radius 1 is 1.07 bits per heavy atom. The number of amides is 2. The molecule has 10 heteroatoms. The van der Waals surface area contributed by atoms with Crippen molar-refractivity contribution in [2.24, 2.45) is 5.10 Å². The monoisotopic (exact) mass is 440 g/mol. The maximum Gasteiger partial charge on any atom is 0.416 e. The lowest BCUT2D eigenvalue weighted by atomic mass is 10.2. The molecule has 0 heterocycles. The zero-order valence-corrected chi connectivity index (χ0v) is 17.0. The van der Waals surface area contributed by atoms with E-state index in [1.165, 1.54) is 6.21 Å². The third kappa shape index (κ3) is 7.07. The minimum atomic E-state index is -4.56. The first-order valence-electron chi connectivity index (χ1n) is 8.82. The number of carbonyl (C=O) groups is 2. The molecule has 0 spiro atoms. The van der Waals surface area contributed by atoms with Gasteiger partial charge in [-0.2, -0.15) is 18.3 Å². The number of hydrogen-bond acceptors (Lipinski definition) is 4. The maximum absolute atomic E-state index is 12.8. The smallest absolute Gasteiger partial charge is 0.378 e. The number of alkyl halides is 3. The second-order valence-electron chi connectivity index (χ2n) is 6.52. The number of carbonyl (C=O) groups excluding carboxylic acids is 2. The normalized spacial score (nSPS) is 11.4. The van der Waals surface area contributed by atoms with Crippen LogP contribution in [-0.4, -0.2) is 32.1 Å². The highest BCUT2D eigenvalue weighted by Crippen LogP contribution is 2.33. The highest BCUT2D eigenvalue weighted by atomic mass is 35.5. The Balaban J connectivity index is 1.82. The number of benzene rings is 2. The van der Waals surface area contributed by atoms with Crippen molar-refractivity contribution in [2.75, 3.05) is 24.3 Å². The van der Waals surface area contributed by atoms with Gasteiger partial charge < -0.3 is 10.2 Å². The molecule has 0 aliphatic rings. The summed E-state index contributed by atoms with van der Waals surface area (Å²) < 4.78 is 38.3. The van der Waals surface area contributed by atoms with Crippen LogP contribution in [-0.2, 0) is 15.8 Å². The van der Waals surface area contributed by atoms with Gasteiger partial charge in [-0.15, -0.1) is 0 Å². The van der Waals surface area contributed by atoms with Gasteiger partial charge in [0.25, 0.3) is 0 Å². The van der Waals surface area contributed by atoms with Crippen molar-refractivity contribution >= 4 is 41.0 Å². The van der Waals surface area contributed by atoms with Crippen LogP contribution in [0, 0.1) is 0 Å². The van der Waals surface area contributed by atoms with Crippen molar-refractivity contribution in [3.8, 4) is 0 Å². The van der Waals surface area contributed by atoms with Crippen LogP contribution in [0.15, 0.2) is 47.6 Å². The van der Waals surface area contributed by atoms with Gasteiger partial charge in [-0.25, -0.2) is 5.43 Å². The summed E-state index contributed by atoms with van der Waals surface area (Å²) in [6.45, 7) is 0. The average molecular weight is 441 g/mol. The van der Waals surface area contributed by atoms with Gasteiger partial charge in [0.2, 0.25) is 11.8 Å². The van der Waals surface area contributed by atoms with Crippen LogP contribution in [0.25, 0.3) is 0 Å². The summed E-state index contributed by atoms with van der Waals surface area (Å²) in [6.07, 6.45) is -3.54. The second kappa shape index (κ2) is 10.1. The Kier molecular flexibility index (Phi) is 7.82. The Bertz CT molecular complexity index is 929. The number of rotatable bonds is 7. The Labute approximate surface area is 176 Å². The lowest BCUT2D eigenvalue weighted by Gasteiger charge is -2.11. The fourth-order valence-corrected chi connectivity index (χ4v) is 2.50. The van der Waals surface area contributed by atoms with E-state index in [4.69, 9.17) is 11.6 Å². The van der Waals surface area contributed by atoms with E-state index >= 15 is 0 Å². The third-order valence-electron chi connectivity index (χ3n) is 3.96. The predicted molar refractivity (Wildman–Crippen MR) is 111 cm³/mol. The molecule has 6 nitrogen and oxygen atoms in total. The topological polar surface area (TPSA) is 73.8 Å². The molecule has 0 aliphatic carbocycles. The van der Waals surface area contributed by atoms with E-state index < -0.39 is 23.6 Å². The van der Waals surface area contributed by atoms with E-state index in [9.17, 15) is 22.8 Å². The Hall–Kier alpha value is -3.07. The van der Waals surface area contributed by atoms with Crippen LogP contribution in [0.4, 0.5) is 24.5 Å². The van der Waals surface area contributed by atoms with Crippen LogP contribution in [0.5, 0.6) is 0 Å². The number of hydrazone groups is 1. The third-order valence-corrected chi connectivity index (χ3v) is 4.29. The van der Waals surface area contributed by atoms with Gasteiger partial charge >= 0.3 is 6.18 Å². The summed E-state index contributed by atoms with van der Waals surface area (Å²) in [7, 11) is 3.83. The molecule has 0 fully saturated rings. The SMILES string of the molecule is CN(C)c1ccc(C=NNC(=O)CCC(=O)Nc2cc(C(F)(F)F)ccc2Cl)cc1. The lowest BCUT2D eigenvalue weighted by molar-refractivity contribution is -0.137. The molecule has 30 heavy (non-hydrogen) atoms. The number of nitrogens with zero attached hydrogens (tertiary/aromatic N) is 2. The minimum Gasteiger partial charge on any atom is -0.378 e. The molecule has 2 amide bonds. The van der Waals surface area contributed by atoms with Gasteiger partial charge in [0.15, 0.2) is 0 Å². The largest absolute Gasteiger partial charge is 0.416 e. The van der Waals surface area contributed by atoms with E-state index in [1.54, 1.807) is 0 Å². The maximum atomic E-state index is 12.8. The minimum absolute atomic E-state index is 0.0364. The molecule has 0 unspecified atom stereocenters. The molecular weight excluding hydrogens is 421 g/mol. The van der Waals surface area contributed by atoms with Gasteiger partial charge in [-0.3, -0.25) is 9.59 Å². The van der Waals surface area contributed by atoms with Crippen LogP contribution >= 0.6 is 11.6 Å². The summed E-state index contributed by atoms with van der Waals surface area (Å²) in [6, 6.07) is 10.1. The standard InChI is InChI=1S/C20H20ClF3N4O2/c1-28(2)15-6-3-13(4-7-15)12-25-27-19(30)10-9-18(29)26-17-11-14(20(22,23)24)5-8-16(17)21/h3-8,11-12H,9-10H2,1-2H3,(H,26,29)(H,27,30). The quantitative estimate of drug-likeness (QED) is 0.498. The number of halogens is 4. The van der Waals surface area contributed by atoms with Crippen LogP contribution in [0.3, 0.4) is 0 Å². The van der Waals surface area contributed by atoms with Crippen molar-refractivity contribution in [3.05, 3.63) is 58.6 Å². The lowest BCUT2D eigenvalue weighted by Crippen LogP contribution is -2.21. The van der Waals surface area contributed by atoms with Gasteiger partial charge in [0, 0.05) is 32.6 Å². The fraction of sp³-hybridized carbons (Fsp3) is 0.250. The predicted octanol–water partition coefficient (Wildman–Crippen LogP) is 4.29. The van der Waals surface area contributed by atoms with E-state index in [0.29, 0.717) is 0 Å². The molecule has 2 aromatic rings. The molecule has 0 bridgehead atoms. The molecule has 2 rings (SSSR count). The van der Waals surface area contributed by atoms with Crippen LogP contribution in [0.2, 0.25) is 5.02 Å². The number of hydrogen-bond donors (Lipinski definition) is 2. The van der Waals surface area contributed by atoms with Crippen molar-refractivity contribution in [1.82, 2.24) is 5.43 Å².